The van der Waals surface area contributed by atoms with E-state index in [1.54, 1.807) is 0 Å². The van der Waals surface area contributed by atoms with Crippen LogP contribution in [0, 0.1) is 12.3 Å². The van der Waals surface area contributed by atoms with Crippen LogP contribution in [0.1, 0.15) is 56.3 Å². The minimum Gasteiger partial charge on any atom is -0.326 e. The number of hydrogen-bond acceptors (Lipinski definition) is 1. The van der Waals surface area contributed by atoms with Crippen LogP contribution in [0.2, 0.25) is 0 Å². The molecule has 1 aliphatic carbocycles. The number of halogens is 1. The van der Waals surface area contributed by atoms with Gasteiger partial charge in [-0.2, -0.15) is 0 Å². The smallest absolute Gasteiger partial charge is 0.127 e. The number of aromatic nitrogens is 2. The van der Waals surface area contributed by atoms with Gasteiger partial charge in [-0.3, -0.25) is 0 Å². The van der Waals surface area contributed by atoms with Crippen LogP contribution in [0.3, 0.4) is 0 Å². The van der Waals surface area contributed by atoms with Crippen LogP contribution in [0.25, 0.3) is 11.0 Å². The van der Waals surface area contributed by atoms with Gasteiger partial charge in [-0.25, -0.2) is 4.98 Å². The third kappa shape index (κ3) is 2.35. The van der Waals surface area contributed by atoms with Gasteiger partial charge in [0.15, 0.2) is 0 Å². The lowest BCUT2D eigenvalue weighted by molar-refractivity contribution is 0.281. The number of benzene rings is 1. The summed E-state index contributed by atoms with van der Waals surface area (Å²) in [5.74, 6) is 1.02. The predicted octanol–water partition coefficient (Wildman–Crippen LogP) is 5.22. The van der Waals surface area contributed by atoms with Crippen molar-refractivity contribution in [1.29, 1.82) is 0 Å². The molecule has 108 valence electrons. The highest BCUT2D eigenvalue weighted by molar-refractivity contribution is 6.20. The Balaban J connectivity index is 2.13. The zero-order valence-corrected chi connectivity index (χ0v) is 13.4. The molecule has 3 heteroatoms. The van der Waals surface area contributed by atoms with Gasteiger partial charge >= 0.3 is 0 Å². The minimum absolute atomic E-state index is 0.0493. The van der Waals surface area contributed by atoms with E-state index in [1.807, 2.05) is 6.92 Å². The molecule has 3 rings (SSSR count). The number of aryl methyl sites for hydroxylation is 1. The number of imidazole rings is 1. The summed E-state index contributed by atoms with van der Waals surface area (Å²) < 4.78 is 2.38. The van der Waals surface area contributed by atoms with Gasteiger partial charge in [0.2, 0.25) is 0 Å². The van der Waals surface area contributed by atoms with Crippen LogP contribution >= 0.6 is 11.6 Å². The van der Waals surface area contributed by atoms with Gasteiger partial charge in [-0.15, -0.1) is 11.6 Å². The normalized spacial score (nSPS) is 19.6. The fourth-order valence-corrected chi connectivity index (χ4v) is 3.78. The average molecular weight is 291 g/mol. The zero-order valence-electron chi connectivity index (χ0n) is 12.6. The average Bonchev–Trinajstić information content (AvgIpc) is 2.95. The molecule has 0 saturated heterocycles. The van der Waals surface area contributed by atoms with E-state index in [1.165, 1.54) is 36.8 Å². The number of para-hydroxylation sites is 1. The third-order valence-corrected chi connectivity index (χ3v) is 4.90. The molecule has 0 bridgehead atoms. The van der Waals surface area contributed by atoms with Crippen LogP contribution in [-0.2, 0) is 6.54 Å². The van der Waals surface area contributed by atoms with Gasteiger partial charge in [-0.1, -0.05) is 31.9 Å². The lowest BCUT2D eigenvalue weighted by Crippen LogP contribution is -2.21. The summed E-state index contributed by atoms with van der Waals surface area (Å²) >= 11 is 6.38. The molecule has 1 atom stereocenters. The standard InChI is InChI=1S/C17H23ClN2/c1-12-7-6-8-14-15(12)20(16(19-14)13(2)18)11-17(3)9-4-5-10-17/h6-8,13H,4-5,9-11H2,1-3H3. The van der Waals surface area contributed by atoms with Crippen LogP contribution in [0.5, 0.6) is 0 Å². The first-order chi connectivity index (χ1) is 9.50. The molecule has 1 saturated carbocycles. The van der Waals surface area contributed by atoms with Crippen LogP contribution < -0.4 is 0 Å². The highest BCUT2D eigenvalue weighted by Crippen LogP contribution is 2.41. The van der Waals surface area contributed by atoms with Crippen molar-refractivity contribution in [2.24, 2.45) is 5.41 Å². The van der Waals surface area contributed by atoms with Crippen molar-refractivity contribution in [3.63, 3.8) is 0 Å². The lowest BCUT2D eigenvalue weighted by atomic mass is 9.88. The summed E-state index contributed by atoms with van der Waals surface area (Å²) in [5, 5.41) is -0.0493. The highest BCUT2D eigenvalue weighted by atomic mass is 35.5. The maximum atomic E-state index is 6.38. The largest absolute Gasteiger partial charge is 0.326 e. The lowest BCUT2D eigenvalue weighted by Gasteiger charge is -2.26. The van der Waals surface area contributed by atoms with Gasteiger partial charge in [0, 0.05) is 6.54 Å². The van der Waals surface area contributed by atoms with E-state index in [9.17, 15) is 0 Å². The Morgan fingerprint density at radius 1 is 1.35 bits per heavy atom. The molecule has 2 aromatic rings. The Bertz CT molecular complexity index is 621. The van der Waals surface area contributed by atoms with Gasteiger partial charge in [0.05, 0.1) is 16.4 Å². The number of rotatable bonds is 3. The molecule has 1 aromatic carbocycles. The van der Waals surface area contributed by atoms with E-state index >= 15 is 0 Å². The molecule has 0 spiro atoms. The molecule has 1 fully saturated rings. The molecule has 20 heavy (non-hydrogen) atoms. The van der Waals surface area contributed by atoms with E-state index in [4.69, 9.17) is 16.6 Å². The van der Waals surface area contributed by atoms with Crippen molar-refractivity contribution in [1.82, 2.24) is 9.55 Å². The zero-order chi connectivity index (χ0) is 14.3. The third-order valence-electron chi connectivity index (χ3n) is 4.70. The molecule has 1 aromatic heterocycles. The summed E-state index contributed by atoms with van der Waals surface area (Å²) in [7, 11) is 0. The molecular weight excluding hydrogens is 268 g/mol. The summed E-state index contributed by atoms with van der Waals surface area (Å²) in [4.78, 5) is 4.78. The van der Waals surface area contributed by atoms with Crippen LogP contribution in [0.4, 0.5) is 0 Å². The van der Waals surface area contributed by atoms with Crippen LogP contribution in [0.15, 0.2) is 18.2 Å². The first-order valence-electron chi connectivity index (χ1n) is 7.60. The monoisotopic (exact) mass is 290 g/mol. The Kier molecular flexibility index (Phi) is 3.53. The highest BCUT2D eigenvalue weighted by Gasteiger charge is 2.31. The summed E-state index contributed by atoms with van der Waals surface area (Å²) in [6.45, 7) is 7.64. The second kappa shape index (κ2) is 5.07. The SMILES string of the molecule is Cc1cccc2nc(C(C)Cl)n(CC3(C)CCCC3)c12. The van der Waals surface area contributed by atoms with E-state index in [2.05, 4.69) is 36.6 Å². The predicted molar refractivity (Wildman–Crippen MR) is 85.3 cm³/mol. The quantitative estimate of drug-likeness (QED) is 0.708. The molecule has 0 amide bonds. The number of alkyl halides is 1. The first-order valence-corrected chi connectivity index (χ1v) is 8.04. The van der Waals surface area contributed by atoms with E-state index in [0.29, 0.717) is 5.41 Å². The minimum atomic E-state index is -0.0493. The van der Waals surface area contributed by atoms with E-state index in [-0.39, 0.29) is 5.38 Å². The van der Waals surface area contributed by atoms with Gasteiger partial charge < -0.3 is 4.57 Å². The maximum Gasteiger partial charge on any atom is 0.127 e. The van der Waals surface area contributed by atoms with Crippen molar-refractivity contribution < 1.29 is 0 Å². The Morgan fingerprint density at radius 3 is 2.70 bits per heavy atom. The Hall–Kier alpha value is -1.02. The Labute approximate surface area is 126 Å². The maximum absolute atomic E-state index is 6.38. The second-order valence-corrected chi connectivity index (χ2v) is 7.29. The second-order valence-electron chi connectivity index (χ2n) is 6.63. The first kappa shape index (κ1) is 13.9. The molecule has 0 N–H and O–H groups in total. The molecule has 1 unspecified atom stereocenters. The summed E-state index contributed by atoms with van der Waals surface area (Å²) in [6, 6.07) is 6.34. The van der Waals surface area contributed by atoms with Gasteiger partial charge in [0.1, 0.15) is 5.82 Å². The molecule has 2 nitrogen and oxygen atoms in total. The summed E-state index contributed by atoms with van der Waals surface area (Å²) in [6.07, 6.45) is 5.34. The molecular formula is C17H23ClN2. The number of nitrogens with zero attached hydrogens (tertiary/aromatic N) is 2. The molecule has 0 aliphatic heterocycles. The van der Waals surface area contributed by atoms with Crippen molar-refractivity contribution in [2.75, 3.05) is 0 Å². The van der Waals surface area contributed by atoms with Crippen molar-refractivity contribution >= 4 is 22.6 Å². The topological polar surface area (TPSA) is 17.8 Å². The van der Waals surface area contributed by atoms with Crippen LogP contribution in [-0.4, -0.2) is 9.55 Å². The van der Waals surface area contributed by atoms with Crippen molar-refractivity contribution in [3.8, 4) is 0 Å². The molecule has 0 radical (unpaired) electrons. The Morgan fingerprint density at radius 2 is 2.05 bits per heavy atom. The molecule has 1 heterocycles. The fourth-order valence-electron chi connectivity index (χ4n) is 3.62. The van der Waals surface area contributed by atoms with E-state index in [0.717, 1.165) is 17.9 Å². The fraction of sp³-hybridized carbons (Fsp3) is 0.588. The summed E-state index contributed by atoms with van der Waals surface area (Å²) in [5.41, 5.74) is 4.04. The van der Waals surface area contributed by atoms with Crippen molar-refractivity contribution in [3.05, 3.63) is 29.6 Å². The van der Waals surface area contributed by atoms with Gasteiger partial charge in [-0.05, 0) is 43.7 Å². The number of hydrogen-bond donors (Lipinski definition) is 0. The van der Waals surface area contributed by atoms with Crippen molar-refractivity contribution in [2.45, 2.75) is 58.4 Å². The van der Waals surface area contributed by atoms with E-state index < -0.39 is 0 Å². The molecule has 1 aliphatic rings. The number of fused-ring (bicyclic) bond motifs is 1. The van der Waals surface area contributed by atoms with Gasteiger partial charge in [0.25, 0.3) is 0 Å².